The van der Waals surface area contributed by atoms with E-state index in [0.29, 0.717) is 0 Å². The number of aromatic nitrogens is 1. The van der Waals surface area contributed by atoms with Crippen molar-refractivity contribution in [3.8, 4) is 11.3 Å². The van der Waals surface area contributed by atoms with Crippen molar-refractivity contribution in [2.45, 2.75) is 13.5 Å². The Kier molecular flexibility index (Phi) is 5.55. The molecule has 1 aromatic heterocycles. The van der Waals surface area contributed by atoms with E-state index in [-0.39, 0.29) is 12.4 Å². The number of halogens is 1. The van der Waals surface area contributed by atoms with E-state index in [1.165, 1.54) is 16.5 Å². The summed E-state index contributed by atoms with van der Waals surface area (Å²) in [5.41, 5.74) is 4.63. The monoisotopic (exact) mass is 360 g/mol. The number of rotatable bonds is 4. The molecule has 0 bridgehead atoms. The number of aryl methyl sites for hydroxylation is 1. The van der Waals surface area contributed by atoms with Gasteiger partial charge >= 0.3 is 0 Å². The fraction of sp³-hybridized carbons (Fsp3) is 0.0870. The molecule has 0 radical (unpaired) electrons. The van der Waals surface area contributed by atoms with Gasteiger partial charge in [0.25, 0.3) is 0 Å². The molecule has 0 amide bonds. The molecular weight excluding hydrogens is 340 g/mol. The summed E-state index contributed by atoms with van der Waals surface area (Å²) in [6, 6.07) is 29.5. The van der Waals surface area contributed by atoms with Gasteiger partial charge in [0.2, 0.25) is 0 Å². The fourth-order valence-corrected chi connectivity index (χ4v) is 2.99. The maximum absolute atomic E-state index is 4.90. The standard InChI is InChI=1S/C23H20N2.ClH/c1-17-11-13-19(14-12-17)22-15-20-9-5-6-10-21(20)23(25-22)24-16-18-7-3-2-4-8-18;/h2-15H,16H2,1H3,(H,24,25);1H. The number of benzene rings is 3. The molecule has 1 heterocycles. The summed E-state index contributed by atoms with van der Waals surface area (Å²) in [4.78, 5) is 4.90. The molecule has 0 saturated carbocycles. The summed E-state index contributed by atoms with van der Waals surface area (Å²) in [5.74, 6) is 0.928. The second-order valence-corrected chi connectivity index (χ2v) is 6.28. The first-order valence-electron chi connectivity index (χ1n) is 8.54. The minimum absolute atomic E-state index is 0. The Morgan fingerprint density at radius 3 is 2.27 bits per heavy atom. The van der Waals surface area contributed by atoms with E-state index >= 15 is 0 Å². The van der Waals surface area contributed by atoms with Crippen molar-refractivity contribution in [2.75, 3.05) is 5.32 Å². The number of anilines is 1. The maximum atomic E-state index is 4.90. The van der Waals surface area contributed by atoms with Crippen LogP contribution in [0.15, 0.2) is 84.9 Å². The average molecular weight is 361 g/mol. The van der Waals surface area contributed by atoms with Crippen molar-refractivity contribution in [3.05, 3.63) is 96.1 Å². The van der Waals surface area contributed by atoms with Crippen LogP contribution in [0.5, 0.6) is 0 Å². The highest BCUT2D eigenvalue weighted by molar-refractivity contribution is 5.94. The van der Waals surface area contributed by atoms with Crippen molar-refractivity contribution >= 4 is 29.0 Å². The third-order valence-corrected chi connectivity index (χ3v) is 4.39. The predicted octanol–water partition coefficient (Wildman–Crippen LogP) is 6.24. The first kappa shape index (κ1) is 18.0. The Bertz CT molecular complexity index is 996. The van der Waals surface area contributed by atoms with Crippen LogP contribution in [0.3, 0.4) is 0 Å². The normalized spacial score (nSPS) is 10.3. The van der Waals surface area contributed by atoms with Gasteiger partial charge in [-0.1, -0.05) is 84.4 Å². The van der Waals surface area contributed by atoms with Crippen LogP contribution in [0.2, 0.25) is 0 Å². The van der Waals surface area contributed by atoms with Crippen molar-refractivity contribution in [3.63, 3.8) is 0 Å². The molecule has 2 nitrogen and oxygen atoms in total. The summed E-state index contributed by atoms with van der Waals surface area (Å²) in [7, 11) is 0. The maximum Gasteiger partial charge on any atom is 0.134 e. The Morgan fingerprint density at radius 2 is 1.50 bits per heavy atom. The quantitative estimate of drug-likeness (QED) is 0.465. The van der Waals surface area contributed by atoms with Crippen LogP contribution in [-0.2, 0) is 6.54 Å². The molecular formula is C23H21ClN2. The minimum atomic E-state index is 0. The lowest BCUT2D eigenvalue weighted by Crippen LogP contribution is -2.02. The lowest BCUT2D eigenvalue weighted by atomic mass is 10.1. The van der Waals surface area contributed by atoms with E-state index in [1.807, 2.05) is 6.07 Å². The van der Waals surface area contributed by atoms with Crippen LogP contribution in [-0.4, -0.2) is 4.98 Å². The van der Waals surface area contributed by atoms with Crippen molar-refractivity contribution in [2.24, 2.45) is 0 Å². The second kappa shape index (κ2) is 8.03. The molecule has 4 rings (SSSR count). The van der Waals surface area contributed by atoms with Gasteiger partial charge in [-0.2, -0.15) is 0 Å². The predicted molar refractivity (Wildman–Crippen MR) is 113 cm³/mol. The second-order valence-electron chi connectivity index (χ2n) is 6.28. The molecule has 3 aromatic carbocycles. The first-order valence-corrected chi connectivity index (χ1v) is 8.54. The number of pyridine rings is 1. The van der Waals surface area contributed by atoms with Crippen molar-refractivity contribution < 1.29 is 0 Å². The zero-order valence-electron chi connectivity index (χ0n) is 14.6. The molecule has 26 heavy (non-hydrogen) atoms. The van der Waals surface area contributed by atoms with Gasteiger partial charge in [0.15, 0.2) is 0 Å². The Hall–Kier alpha value is -2.84. The third-order valence-electron chi connectivity index (χ3n) is 4.39. The molecule has 3 heteroatoms. The largest absolute Gasteiger partial charge is 0.365 e. The van der Waals surface area contributed by atoms with E-state index in [9.17, 15) is 0 Å². The molecule has 0 fully saturated rings. The molecule has 0 aliphatic carbocycles. The van der Waals surface area contributed by atoms with Gasteiger partial charge in [-0.3, -0.25) is 0 Å². The summed E-state index contributed by atoms with van der Waals surface area (Å²) >= 11 is 0. The summed E-state index contributed by atoms with van der Waals surface area (Å²) in [6.45, 7) is 2.86. The summed E-state index contributed by atoms with van der Waals surface area (Å²) in [5, 5.41) is 5.86. The zero-order valence-corrected chi connectivity index (χ0v) is 15.5. The van der Waals surface area contributed by atoms with Gasteiger partial charge < -0.3 is 5.32 Å². The van der Waals surface area contributed by atoms with E-state index in [0.717, 1.165) is 29.0 Å². The molecule has 4 aromatic rings. The smallest absolute Gasteiger partial charge is 0.134 e. The highest BCUT2D eigenvalue weighted by atomic mass is 35.5. The van der Waals surface area contributed by atoms with Crippen molar-refractivity contribution in [1.82, 2.24) is 4.98 Å². The van der Waals surface area contributed by atoms with Gasteiger partial charge in [-0.15, -0.1) is 12.4 Å². The lowest BCUT2D eigenvalue weighted by Gasteiger charge is -2.12. The lowest BCUT2D eigenvalue weighted by molar-refractivity contribution is 1.12. The molecule has 130 valence electrons. The summed E-state index contributed by atoms with van der Waals surface area (Å²) in [6.07, 6.45) is 0. The van der Waals surface area contributed by atoms with E-state index < -0.39 is 0 Å². The SMILES string of the molecule is Cc1ccc(-c2cc3ccccc3c(NCc3ccccc3)n2)cc1.Cl. The first-order chi connectivity index (χ1) is 12.3. The van der Waals surface area contributed by atoms with Gasteiger partial charge in [0, 0.05) is 17.5 Å². The third kappa shape index (κ3) is 3.87. The minimum Gasteiger partial charge on any atom is -0.365 e. The molecule has 0 spiro atoms. The number of fused-ring (bicyclic) bond motifs is 1. The number of hydrogen-bond donors (Lipinski definition) is 1. The van der Waals surface area contributed by atoms with Crippen LogP contribution < -0.4 is 5.32 Å². The molecule has 0 atom stereocenters. The Balaban J connectivity index is 0.00000196. The van der Waals surface area contributed by atoms with E-state index in [2.05, 4.69) is 91.1 Å². The van der Waals surface area contributed by atoms with Gasteiger partial charge in [0.05, 0.1) is 5.69 Å². The van der Waals surface area contributed by atoms with Crippen molar-refractivity contribution in [1.29, 1.82) is 0 Å². The Labute approximate surface area is 160 Å². The van der Waals surface area contributed by atoms with Crippen LogP contribution in [0.25, 0.3) is 22.0 Å². The molecule has 0 saturated heterocycles. The average Bonchev–Trinajstić information content (AvgIpc) is 2.67. The highest BCUT2D eigenvalue weighted by Crippen LogP contribution is 2.28. The molecule has 0 aliphatic rings. The van der Waals surface area contributed by atoms with Gasteiger partial charge in [-0.25, -0.2) is 4.98 Å². The van der Waals surface area contributed by atoms with Gasteiger partial charge in [0.1, 0.15) is 5.82 Å². The highest BCUT2D eigenvalue weighted by Gasteiger charge is 2.07. The zero-order chi connectivity index (χ0) is 17.1. The summed E-state index contributed by atoms with van der Waals surface area (Å²) < 4.78 is 0. The number of hydrogen-bond acceptors (Lipinski definition) is 2. The van der Waals surface area contributed by atoms with E-state index in [4.69, 9.17) is 4.98 Å². The topological polar surface area (TPSA) is 24.9 Å². The van der Waals surface area contributed by atoms with Crippen LogP contribution >= 0.6 is 12.4 Å². The molecule has 0 unspecified atom stereocenters. The number of nitrogens with one attached hydrogen (secondary N) is 1. The molecule has 1 N–H and O–H groups in total. The van der Waals surface area contributed by atoms with E-state index in [1.54, 1.807) is 0 Å². The molecule has 0 aliphatic heterocycles. The van der Waals surface area contributed by atoms with Gasteiger partial charge in [-0.05, 0) is 23.9 Å². The Morgan fingerprint density at radius 1 is 0.808 bits per heavy atom. The van der Waals surface area contributed by atoms with Crippen LogP contribution in [0.1, 0.15) is 11.1 Å². The van der Waals surface area contributed by atoms with Crippen LogP contribution in [0, 0.1) is 6.92 Å². The fourth-order valence-electron chi connectivity index (χ4n) is 2.99. The van der Waals surface area contributed by atoms with Crippen LogP contribution in [0.4, 0.5) is 5.82 Å². The number of nitrogens with zero attached hydrogens (tertiary/aromatic N) is 1.